The Morgan fingerprint density at radius 1 is 1.06 bits per heavy atom. The van der Waals surface area contributed by atoms with E-state index in [4.69, 9.17) is 9.15 Å². The molecule has 2 aliphatic heterocycles. The number of aryl methyl sites for hydroxylation is 1. The molecule has 2 fully saturated rings. The van der Waals surface area contributed by atoms with Gasteiger partial charge in [0.25, 0.3) is 11.9 Å². The first-order valence-electron chi connectivity index (χ1n) is 11.1. The predicted molar refractivity (Wildman–Crippen MR) is 122 cm³/mol. The van der Waals surface area contributed by atoms with Crippen LogP contribution in [0.15, 0.2) is 53.2 Å². The van der Waals surface area contributed by atoms with Crippen molar-refractivity contribution in [3.63, 3.8) is 0 Å². The molecule has 0 aliphatic carbocycles. The third kappa shape index (κ3) is 3.31. The zero-order valence-electron chi connectivity index (χ0n) is 18.5. The molecule has 1 amide bonds. The largest absolute Gasteiger partial charge is 0.494 e. The molecule has 2 aliphatic rings. The lowest BCUT2D eigenvalue weighted by Gasteiger charge is -2.22. The number of nitrogens with zero attached hydrogens (tertiary/aromatic N) is 6. The Morgan fingerprint density at radius 2 is 1.82 bits per heavy atom. The second-order valence-corrected chi connectivity index (χ2v) is 8.78. The van der Waals surface area contributed by atoms with Gasteiger partial charge in [-0.05, 0) is 31.2 Å². The number of oxazole rings is 1. The summed E-state index contributed by atoms with van der Waals surface area (Å²) in [6.07, 6.45) is 3.23. The van der Waals surface area contributed by atoms with Crippen LogP contribution >= 0.6 is 0 Å². The molecule has 0 N–H and O–H groups in total. The highest BCUT2D eigenvalue weighted by Crippen LogP contribution is 2.37. The Labute approximate surface area is 190 Å². The maximum absolute atomic E-state index is 13.5. The number of likely N-dealkylation sites (tertiary alicyclic amines) is 1. The SMILES string of the molecule is COc1cccc2oc(N3CC4CN(C(=O)c5cc(C)ccc5-n5nccn5)CC4C3)nc12. The number of methoxy groups -OCH3 is 1. The van der Waals surface area contributed by atoms with E-state index in [9.17, 15) is 4.79 Å². The molecule has 0 radical (unpaired) electrons. The lowest BCUT2D eigenvalue weighted by molar-refractivity contribution is 0.0782. The van der Waals surface area contributed by atoms with Crippen LogP contribution in [-0.2, 0) is 0 Å². The summed E-state index contributed by atoms with van der Waals surface area (Å²) in [5.74, 6) is 1.49. The van der Waals surface area contributed by atoms with Gasteiger partial charge in [0.1, 0.15) is 5.75 Å². The normalized spacial score (nSPS) is 19.9. The van der Waals surface area contributed by atoms with Crippen LogP contribution in [0, 0.1) is 18.8 Å². The first-order chi connectivity index (χ1) is 16.1. The van der Waals surface area contributed by atoms with Crippen molar-refractivity contribution in [2.45, 2.75) is 6.92 Å². The highest BCUT2D eigenvalue weighted by molar-refractivity contribution is 5.98. The fraction of sp³-hybridized carbons (Fsp3) is 0.333. The van der Waals surface area contributed by atoms with Gasteiger partial charge >= 0.3 is 0 Å². The Kier molecular flexibility index (Phi) is 4.56. The van der Waals surface area contributed by atoms with Crippen LogP contribution < -0.4 is 9.64 Å². The Morgan fingerprint density at radius 3 is 2.55 bits per heavy atom. The standard InChI is InChI=1S/C24H24N6O3/c1-15-6-7-19(30-25-8-9-26-30)18(10-15)23(31)28-11-16-13-29(14-17(16)12-28)24-27-22-20(32-2)4-3-5-21(22)33-24/h3-10,16-17H,11-14H2,1-2H3. The van der Waals surface area contributed by atoms with E-state index < -0.39 is 0 Å². The molecule has 33 heavy (non-hydrogen) atoms. The fourth-order valence-electron chi connectivity index (χ4n) is 5.03. The highest BCUT2D eigenvalue weighted by Gasteiger charge is 2.43. The zero-order valence-corrected chi connectivity index (χ0v) is 18.5. The maximum Gasteiger partial charge on any atom is 0.298 e. The van der Waals surface area contributed by atoms with Gasteiger partial charge in [-0.15, -0.1) is 0 Å². The van der Waals surface area contributed by atoms with Crippen molar-refractivity contribution >= 4 is 23.0 Å². The summed E-state index contributed by atoms with van der Waals surface area (Å²) in [6.45, 7) is 5.03. The van der Waals surface area contributed by atoms with Gasteiger partial charge in [0, 0.05) is 38.0 Å². The average Bonchev–Trinajstić information content (AvgIpc) is 3.60. The number of amides is 1. The van der Waals surface area contributed by atoms with Gasteiger partial charge in [-0.2, -0.15) is 20.0 Å². The van der Waals surface area contributed by atoms with Gasteiger partial charge < -0.3 is 19.0 Å². The van der Waals surface area contributed by atoms with Gasteiger partial charge in [0.15, 0.2) is 11.1 Å². The number of carbonyl (C=O) groups excluding carboxylic acids is 1. The van der Waals surface area contributed by atoms with E-state index in [1.165, 1.54) is 4.80 Å². The van der Waals surface area contributed by atoms with Crippen molar-refractivity contribution in [1.82, 2.24) is 24.9 Å². The summed E-state index contributed by atoms with van der Waals surface area (Å²) in [5, 5.41) is 8.44. The third-order valence-corrected chi connectivity index (χ3v) is 6.65. The number of benzene rings is 2. The van der Waals surface area contributed by atoms with E-state index in [-0.39, 0.29) is 5.91 Å². The van der Waals surface area contributed by atoms with Crippen LogP contribution in [0.5, 0.6) is 5.75 Å². The van der Waals surface area contributed by atoms with E-state index in [0.717, 1.165) is 29.8 Å². The minimum absolute atomic E-state index is 0.0264. The number of para-hydroxylation sites is 1. The van der Waals surface area contributed by atoms with E-state index in [1.807, 2.05) is 48.2 Å². The van der Waals surface area contributed by atoms with Crippen LogP contribution in [0.3, 0.4) is 0 Å². The minimum atomic E-state index is 0.0264. The van der Waals surface area contributed by atoms with Crippen molar-refractivity contribution < 1.29 is 13.9 Å². The Balaban J connectivity index is 1.20. The van der Waals surface area contributed by atoms with Gasteiger partial charge in [-0.25, -0.2) is 0 Å². The first kappa shape index (κ1) is 19.8. The molecule has 0 saturated carbocycles. The maximum atomic E-state index is 13.5. The van der Waals surface area contributed by atoms with Gasteiger partial charge in [-0.3, -0.25) is 4.79 Å². The number of fused-ring (bicyclic) bond motifs is 2. The Hall–Kier alpha value is -3.88. The van der Waals surface area contributed by atoms with Crippen molar-refractivity contribution in [3.8, 4) is 11.4 Å². The second kappa shape index (κ2) is 7.61. The molecule has 2 unspecified atom stereocenters. The van der Waals surface area contributed by atoms with Crippen LogP contribution in [0.25, 0.3) is 16.8 Å². The number of carbonyl (C=O) groups is 1. The lowest BCUT2D eigenvalue weighted by Crippen LogP contribution is -2.34. The van der Waals surface area contributed by atoms with Crippen LogP contribution in [0.1, 0.15) is 15.9 Å². The quantitative estimate of drug-likeness (QED) is 0.478. The molecule has 2 aromatic heterocycles. The topological polar surface area (TPSA) is 89.5 Å². The molecule has 0 spiro atoms. The van der Waals surface area contributed by atoms with Gasteiger partial charge in [-0.1, -0.05) is 17.7 Å². The molecule has 2 aromatic carbocycles. The van der Waals surface area contributed by atoms with Crippen molar-refractivity contribution in [2.75, 3.05) is 38.2 Å². The molecule has 0 bridgehead atoms. The van der Waals surface area contributed by atoms with Crippen molar-refractivity contribution in [2.24, 2.45) is 11.8 Å². The lowest BCUT2D eigenvalue weighted by atomic mass is 10.0. The molecule has 4 heterocycles. The minimum Gasteiger partial charge on any atom is -0.494 e. The summed E-state index contributed by atoms with van der Waals surface area (Å²) in [6, 6.07) is 12.1. The number of aromatic nitrogens is 4. The molecule has 4 aromatic rings. The molecule has 6 rings (SSSR count). The second-order valence-electron chi connectivity index (χ2n) is 8.78. The first-order valence-corrected chi connectivity index (χ1v) is 11.1. The molecule has 2 saturated heterocycles. The summed E-state index contributed by atoms with van der Waals surface area (Å²) in [7, 11) is 1.64. The van der Waals surface area contributed by atoms with E-state index in [1.54, 1.807) is 19.5 Å². The smallest absolute Gasteiger partial charge is 0.298 e. The summed E-state index contributed by atoms with van der Waals surface area (Å²) in [5.41, 5.74) is 3.83. The summed E-state index contributed by atoms with van der Waals surface area (Å²) >= 11 is 0. The van der Waals surface area contributed by atoms with Crippen molar-refractivity contribution in [1.29, 1.82) is 0 Å². The van der Waals surface area contributed by atoms with Gasteiger partial charge in [0.2, 0.25) is 0 Å². The number of anilines is 1. The summed E-state index contributed by atoms with van der Waals surface area (Å²) < 4.78 is 11.4. The third-order valence-electron chi connectivity index (χ3n) is 6.65. The monoisotopic (exact) mass is 444 g/mol. The van der Waals surface area contributed by atoms with E-state index >= 15 is 0 Å². The van der Waals surface area contributed by atoms with Crippen LogP contribution in [0.4, 0.5) is 6.01 Å². The number of hydrogen-bond acceptors (Lipinski definition) is 7. The molecule has 2 atom stereocenters. The van der Waals surface area contributed by atoms with E-state index in [2.05, 4.69) is 20.1 Å². The highest BCUT2D eigenvalue weighted by atomic mass is 16.5. The number of ether oxygens (including phenoxy) is 1. The van der Waals surface area contributed by atoms with E-state index in [0.29, 0.717) is 47.9 Å². The van der Waals surface area contributed by atoms with Gasteiger partial charge in [0.05, 0.1) is 30.8 Å². The average molecular weight is 444 g/mol. The Bertz CT molecular complexity index is 1320. The van der Waals surface area contributed by atoms with Crippen LogP contribution in [-0.4, -0.2) is 64.1 Å². The molecule has 9 nitrogen and oxygen atoms in total. The molecular weight excluding hydrogens is 420 g/mol. The predicted octanol–water partition coefficient (Wildman–Crippen LogP) is 2.93. The fourth-order valence-corrected chi connectivity index (χ4v) is 5.03. The van der Waals surface area contributed by atoms with Crippen LogP contribution in [0.2, 0.25) is 0 Å². The zero-order chi connectivity index (χ0) is 22.5. The summed E-state index contributed by atoms with van der Waals surface area (Å²) in [4.78, 5) is 23.8. The molecular formula is C24H24N6O3. The van der Waals surface area contributed by atoms with Crippen molar-refractivity contribution in [3.05, 3.63) is 59.9 Å². The number of rotatable bonds is 4. The molecule has 9 heteroatoms. The number of hydrogen-bond donors (Lipinski definition) is 0. The molecule has 168 valence electrons.